The molecule has 0 aromatic carbocycles. The number of hydrogen-bond acceptors (Lipinski definition) is 4. The number of hydrogen-bond donors (Lipinski definition) is 1. The van der Waals surface area contributed by atoms with E-state index >= 15 is 0 Å². The molecule has 1 heterocycles. The quantitative estimate of drug-likeness (QED) is 0.685. The fourth-order valence-corrected chi connectivity index (χ4v) is 1.31. The van der Waals surface area contributed by atoms with Crippen LogP contribution in [0.3, 0.4) is 0 Å². The first-order chi connectivity index (χ1) is 6.61. The number of ether oxygens (including phenoxy) is 2. The molecule has 0 radical (unpaired) electrons. The van der Waals surface area contributed by atoms with Crippen LogP contribution >= 0.6 is 0 Å². The molecule has 0 saturated carbocycles. The molecule has 4 nitrogen and oxygen atoms in total. The second-order valence-electron chi connectivity index (χ2n) is 3.90. The van der Waals surface area contributed by atoms with Gasteiger partial charge in [-0.3, -0.25) is 4.79 Å². The molecule has 1 saturated heterocycles. The van der Waals surface area contributed by atoms with Crippen LogP contribution in [-0.4, -0.2) is 36.5 Å². The van der Waals surface area contributed by atoms with E-state index in [1.165, 1.54) is 0 Å². The van der Waals surface area contributed by atoms with Crippen LogP contribution in [0.4, 0.5) is 0 Å². The minimum Gasteiger partial charge on any atom is -0.463 e. The summed E-state index contributed by atoms with van der Waals surface area (Å²) in [5, 5.41) is 9.50. The molecule has 0 aromatic rings. The number of aliphatic hydroxyl groups is 1. The predicted molar refractivity (Wildman–Crippen MR) is 50.8 cm³/mol. The summed E-state index contributed by atoms with van der Waals surface area (Å²) in [4.78, 5) is 11.1. The largest absolute Gasteiger partial charge is 0.463 e. The Morgan fingerprint density at radius 2 is 2.36 bits per heavy atom. The zero-order valence-corrected chi connectivity index (χ0v) is 8.73. The van der Waals surface area contributed by atoms with E-state index < -0.39 is 6.10 Å². The van der Waals surface area contributed by atoms with E-state index in [-0.39, 0.29) is 24.6 Å². The summed E-state index contributed by atoms with van der Waals surface area (Å²) in [5.74, 6) is -0.373. The molecule has 1 rings (SSSR count). The normalized spacial score (nSPS) is 27.7. The molecule has 1 N–H and O–H groups in total. The number of carbonyl (C=O) groups is 1. The Morgan fingerprint density at radius 1 is 1.64 bits per heavy atom. The zero-order valence-electron chi connectivity index (χ0n) is 8.73. The van der Waals surface area contributed by atoms with Crippen LogP contribution in [0.2, 0.25) is 0 Å². The third-order valence-electron chi connectivity index (χ3n) is 2.27. The van der Waals surface area contributed by atoms with Gasteiger partial charge < -0.3 is 14.6 Å². The molecule has 2 atom stereocenters. The Balaban J connectivity index is 2.26. The number of carbonyl (C=O) groups excluding carboxylic acids is 1. The van der Waals surface area contributed by atoms with Gasteiger partial charge in [-0.15, -0.1) is 0 Å². The molecule has 82 valence electrons. The monoisotopic (exact) mass is 202 g/mol. The van der Waals surface area contributed by atoms with Gasteiger partial charge in [0.25, 0.3) is 0 Å². The molecule has 0 aliphatic carbocycles. The highest BCUT2D eigenvalue weighted by molar-refractivity contribution is 5.71. The van der Waals surface area contributed by atoms with Gasteiger partial charge in [-0.2, -0.15) is 0 Å². The first-order valence-corrected chi connectivity index (χ1v) is 5.07. The fraction of sp³-hybridized carbons (Fsp3) is 0.900. The topological polar surface area (TPSA) is 55.8 Å². The minimum atomic E-state index is -0.497. The minimum absolute atomic E-state index is 0.129. The first-order valence-electron chi connectivity index (χ1n) is 5.07. The third-order valence-corrected chi connectivity index (χ3v) is 2.27. The Kier molecular flexibility index (Phi) is 4.35. The van der Waals surface area contributed by atoms with E-state index in [0.29, 0.717) is 6.61 Å². The molecular formula is C10H18O4. The average molecular weight is 202 g/mol. The summed E-state index contributed by atoms with van der Waals surface area (Å²) < 4.78 is 10.3. The second-order valence-corrected chi connectivity index (χ2v) is 3.90. The summed E-state index contributed by atoms with van der Waals surface area (Å²) >= 11 is 0. The zero-order chi connectivity index (χ0) is 10.6. The van der Waals surface area contributed by atoms with Gasteiger partial charge in [0, 0.05) is 6.61 Å². The Hall–Kier alpha value is -0.610. The molecule has 0 aromatic heterocycles. The van der Waals surface area contributed by atoms with Gasteiger partial charge in [0.05, 0.1) is 12.0 Å². The van der Waals surface area contributed by atoms with Crippen LogP contribution < -0.4 is 0 Å². The van der Waals surface area contributed by atoms with Crippen LogP contribution in [0.15, 0.2) is 0 Å². The van der Waals surface area contributed by atoms with Crippen molar-refractivity contribution in [2.45, 2.75) is 38.9 Å². The van der Waals surface area contributed by atoms with Crippen LogP contribution in [0.1, 0.15) is 26.7 Å². The Morgan fingerprint density at radius 3 is 2.93 bits per heavy atom. The molecule has 1 aliphatic rings. The van der Waals surface area contributed by atoms with Crippen molar-refractivity contribution in [3.8, 4) is 0 Å². The Bertz CT molecular complexity index is 191. The first kappa shape index (κ1) is 11.5. The Labute approximate surface area is 84.2 Å². The molecule has 1 fully saturated rings. The third kappa shape index (κ3) is 3.27. The fourth-order valence-electron chi connectivity index (χ4n) is 1.31. The van der Waals surface area contributed by atoms with Gasteiger partial charge in [-0.1, -0.05) is 13.8 Å². The second kappa shape index (κ2) is 5.32. The van der Waals surface area contributed by atoms with E-state index in [2.05, 4.69) is 0 Å². The van der Waals surface area contributed by atoms with Gasteiger partial charge >= 0.3 is 5.97 Å². The standard InChI is InChI=1S/C10H18O4/c1-7(2)10(12)14-6-9-8(11)4-3-5-13-9/h7-9,11H,3-6H2,1-2H3/t8-,9?/m0/s1. The summed E-state index contributed by atoms with van der Waals surface area (Å²) in [6, 6.07) is 0. The van der Waals surface area contributed by atoms with Crippen molar-refractivity contribution in [3.63, 3.8) is 0 Å². The SMILES string of the molecule is CC(C)C(=O)OCC1OCCC[C@@H]1O. The highest BCUT2D eigenvalue weighted by Gasteiger charge is 2.25. The summed E-state index contributed by atoms with van der Waals surface area (Å²) in [6.45, 7) is 4.36. The van der Waals surface area contributed by atoms with Crippen molar-refractivity contribution in [1.29, 1.82) is 0 Å². The highest BCUT2D eigenvalue weighted by Crippen LogP contribution is 2.14. The molecule has 14 heavy (non-hydrogen) atoms. The van der Waals surface area contributed by atoms with E-state index in [1.807, 2.05) is 0 Å². The van der Waals surface area contributed by atoms with Gasteiger partial charge in [0.15, 0.2) is 0 Å². The summed E-state index contributed by atoms with van der Waals surface area (Å²) in [6.07, 6.45) is 0.759. The number of esters is 1. The van der Waals surface area contributed by atoms with Crippen molar-refractivity contribution in [1.82, 2.24) is 0 Å². The number of aliphatic hydroxyl groups excluding tert-OH is 1. The summed E-state index contributed by atoms with van der Waals surface area (Å²) in [5.41, 5.74) is 0. The van der Waals surface area contributed by atoms with Crippen molar-refractivity contribution >= 4 is 5.97 Å². The van der Waals surface area contributed by atoms with Crippen molar-refractivity contribution in [3.05, 3.63) is 0 Å². The molecule has 0 bridgehead atoms. The lowest BCUT2D eigenvalue weighted by molar-refractivity contribution is -0.158. The maximum atomic E-state index is 11.1. The molecular weight excluding hydrogens is 184 g/mol. The van der Waals surface area contributed by atoms with Crippen LogP contribution in [0.5, 0.6) is 0 Å². The smallest absolute Gasteiger partial charge is 0.308 e. The number of rotatable bonds is 3. The molecule has 1 unspecified atom stereocenters. The van der Waals surface area contributed by atoms with Crippen molar-refractivity contribution in [2.24, 2.45) is 5.92 Å². The molecule has 4 heteroatoms. The van der Waals surface area contributed by atoms with Gasteiger partial charge in [-0.25, -0.2) is 0 Å². The van der Waals surface area contributed by atoms with E-state index in [1.54, 1.807) is 13.8 Å². The lowest BCUT2D eigenvalue weighted by Gasteiger charge is -2.27. The average Bonchev–Trinajstić information content (AvgIpc) is 2.16. The molecule has 1 aliphatic heterocycles. The molecule has 0 spiro atoms. The lowest BCUT2D eigenvalue weighted by Crippen LogP contribution is -2.38. The van der Waals surface area contributed by atoms with E-state index in [9.17, 15) is 9.90 Å². The molecule has 0 amide bonds. The van der Waals surface area contributed by atoms with Crippen molar-refractivity contribution in [2.75, 3.05) is 13.2 Å². The predicted octanol–water partition coefficient (Wildman–Crippen LogP) is 0.726. The lowest BCUT2D eigenvalue weighted by atomic mass is 10.1. The maximum Gasteiger partial charge on any atom is 0.308 e. The van der Waals surface area contributed by atoms with Gasteiger partial charge in [0.1, 0.15) is 12.7 Å². The maximum absolute atomic E-state index is 11.1. The van der Waals surface area contributed by atoms with E-state index in [4.69, 9.17) is 9.47 Å². The van der Waals surface area contributed by atoms with E-state index in [0.717, 1.165) is 12.8 Å². The van der Waals surface area contributed by atoms with Crippen LogP contribution in [-0.2, 0) is 14.3 Å². The van der Waals surface area contributed by atoms with Crippen molar-refractivity contribution < 1.29 is 19.4 Å². The van der Waals surface area contributed by atoms with Gasteiger partial charge in [0.2, 0.25) is 0 Å². The highest BCUT2D eigenvalue weighted by atomic mass is 16.6. The van der Waals surface area contributed by atoms with Crippen LogP contribution in [0.25, 0.3) is 0 Å². The van der Waals surface area contributed by atoms with Gasteiger partial charge in [-0.05, 0) is 12.8 Å². The summed E-state index contributed by atoms with van der Waals surface area (Å²) in [7, 11) is 0. The van der Waals surface area contributed by atoms with Crippen LogP contribution in [0, 0.1) is 5.92 Å².